The number of hydrogen-bond donors (Lipinski definition) is 1. The molecule has 1 unspecified atom stereocenters. The molecule has 0 radical (unpaired) electrons. The van der Waals surface area contributed by atoms with Crippen molar-refractivity contribution in [3.8, 4) is 5.75 Å². The summed E-state index contributed by atoms with van der Waals surface area (Å²) in [6.07, 6.45) is 0.849. The molecule has 200 valence electrons. The Labute approximate surface area is 220 Å². The molecule has 1 amide bonds. The van der Waals surface area contributed by atoms with Gasteiger partial charge in [0.05, 0.1) is 6.61 Å². The minimum atomic E-state index is -1.00. The molecule has 37 heavy (non-hydrogen) atoms. The molecular weight excluding hydrogens is 496 g/mol. The Bertz CT molecular complexity index is 1100. The molecule has 10 heteroatoms. The lowest BCUT2D eigenvalue weighted by atomic mass is 10.1. The second-order valence-corrected chi connectivity index (χ2v) is 9.47. The summed E-state index contributed by atoms with van der Waals surface area (Å²) in [5, 5.41) is 14.1. The number of nitrogens with zero attached hydrogens (tertiary/aromatic N) is 1. The van der Waals surface area contributed by atoms with Crippen LogP contribution >= 0.6 is 11.3 Å². The van der Waals surface area contributed by atoms with Gasteiger partial charge in [-0.15, -0.1) is 11.3 Å². The number of ether oxygens (including phenoxy) is 3. The lowest BCUT2D eigenvalue weighted by molar-refractivity contribution is -0.166. The fraction of sp³-hybridized carbons (Fsp3) is 0.407. The van der Waals surface area contributed by atoms with E-state index in [1.54, 1.807) is 18.4 Å². The monoisotopic (exact) mass is 529 g/mol. The van der Waals surface area contributed by atoms with E-state index in [4.69, 9.17) is 14.2 Å². The Morgan fingerprint density at radius 1 is 1.03 bits per heavy atom. The van der Waals surface area contributed by atoms with Gasteiger partial charge in [0.2, 0.25) is 6.29 Å². The Balaban J connectivity index is 1.48. The van der Waals surface area contributed by atoms with Crippen molar-refractivity contribution >= 4 is 34.2 Å². The Morgan fingerprint density at radius 2 is 1.84 bits per heavy atom. The van der Waals surface area contributed by atoms with Crippen LogP contribution in [0.4, 0.5) is 4.79 Å². The SMILES string of the molecule is CC(OC(=O)CCCCCON[O-])OC(=O)N(C)CC[C@H](Oc1cccc2ccccc12)c1cccs1. The van der Waals surface area contributed by atoms with E-state index < -0.39 is 18.4 Å². The summed E-state index contributed by atoms with van der Waals surface area (Å²) in [4.78, 5) is 31.5. The van der Waals surface area contributed by atoms with E-state index in [-0.39, 0.29) is 19.1 Å². The summed E-state index contributed by atoms with van der Waals surface area (Å²) < 4.78 is 16.9. The second-order valence-electron chi connectivity index (χ2n) is 8.49. The van der Waals surface area contributed by atoms with Crippen LogP contribution in [0.2, 0.25) is 0 Å². The molecule has 1 aromatic heterocycles. The zero-order valence-electron chi connectivity index (χ0n) is 21.1. The summed E-state index contributed by atoms with van der Waals surface area (Å²) in [6.45, 7) is 2.17. The van der Waals surface area contributed by atoms with Gasteiger partial charge in [-0.05, 0) is 35.7 Å². The van der Waals surface area contributed by atoms with E-state index in [0.717, 1.165) is 21.4 Å². The molecule has 2 aromatic carbocycles. The van der Waals surface area contributed by atoms with E-state index in [9.17, 15) is 14.8 Å². The summed E-state index contributed by atoms with van der Waals surface area (Å²) in [5.41, 5.74) is 1.36. The van der Waals surface area contributed by atoms with Gasteiger partial charge in [0.1, 0.15) is 11.9 Å². The molecule has 3 aromatic rings. The number of hydrogen-bond acceptors (Lipinski definition) is 9. The molecule has 1 N–H and O–H groups in total. The molecule has 9 nitrogen and oxygen atoms in total. The minimum Gasteiger partial charge on any atom is -0.765 e. The zero-order chi connectivity index (χ0) is 26.5. The molecule has 0 aliphatic carbocycles. The first-order valence-corrected chi connectivity index (χ1v) is 13.1. The lowest BCUT2D eigenvalue weighted by Crippen LogP contribution is -2.33. The second kappa shape index (κ2) is 15.2. The number of esters is 1. The van der Waals surface area contributed by atoms with Gasteiger partial charge in [0.15, 0.2) is 0 Å². The number of fused-ring (bicyclic) bond motifs is 1. The van der Waals surface area contributed by atoms with Gasteiger partial charge in [-0.2, -0.15) is 0 Å². The predicted molar refractivity (Wildman–Crippen MR) is 142 cm³/mol. The number of benzene rings is 2. The quantitative estimate of drug-likeness (QED) is 0.111. The average Bonchev–Trinajstić information content (AvgIpc) is 3.43. The van der Waals surface area contributed by atoms with Crippen LogP contribution in [0.15, 0.2) is 60.0 Å². The number of nitrogens with one attached hydrogen (secondary N) is 1. The summed E-state index contributed by atoms with van der Waals surface area (Å²) in [5.74, 6) is 0.337. The summed E-state index contributed by atoms with van der Waals surface area (Å²) >= 11 is 1.60. The zero-order valence-corrected chi connectivity index (χ0v) is 21.9. The fourth-order valence-electron chi connectivity index (χ4n) is 3.75. The van der Waals surface area contributed by atoms with Gasteiger partial charge in [0.25, 0.3) is 0 Å². The maximum absolute atomic E-state index is 12.6. The van der Waals surface area contributed by atoms with Crippen molar-refractivity contribution in [1.29, 1.82) is 0 Å². The molecule has 0 aliphatic rings. The van der Waals surface area contributed by atoms with Crippen LogP contribution in [0.25, 0.3) is 10.8 Å². The maximum Gasteiger partial charge on any atom is 0.412 e. The molecule has 2 atom stereocenters. The first kappa shape index (κ1) is 28.4. The Kier molecular flexibility index (Phi) is 11.6. The number of amides is 1. The molecule has 0 aliphatic heterocycles. The first-order chi connectivity index (χ1) is 18.0. The van der Waals surface area contributed by atoms with Crippen molar-refractivity contribution in [3.05, 3.63) is 70.1 Å². The van der Waals surface area contributed by atoms with Crippen LogP contribution in [0.1, 0.15) is 50.0 Å². The van der Waals surface area contributed by atoms with Gasteiger partial charge in [-0.3, -0.25) is 10.4 Å². The van der Waals surface area contributed by atoms with Gasteiger partial charge < -0.3 is 29.2 Å². The van der Waals surface area contributed by atoms with E-state index in [2.05, 4.69) is 4.84 Å². The van der Waals surface area contributed by atoms with Crippen molar-refractivity contribution in [2.24, 2.45) is 0 Å². The van der Waals surface area contributed by atoms with Crippen molar-refractivity contribution < 1.29 is 28.6 Å². The highest BCUT2D eigenvalue weighted by atomic mass is 32.1. The largest absolute Gasteiger partial charge is 0.765 e. The van der Waals surface area contributed by atoms with Crippen LogP contribution < -0.4 is 10.4 Å². The van der Waals surface area contributed by atoms with Crippen LogP contribution in [-0.4, -0.2) is 43.5 Å². The summed E-state index contributed by atoms with van der Waals surface area (Å²) in [6, 6.07) is 18.0. The van der Waals surface area contributed by atoms with Crippen molar-refractivity contribution in [2.45, 2.75) is 51.4 Å². The number of rotatable bonds is 15. The number of thiophene rings is 1. The van der Waals surface area contributed by atoms with Gasteiger partial charge in [-0.25, -0.2) is 4.79 Å². The van der Waals surface area contributed by atoms with E-state index in [0.29, 0.717) is 32.2 Å². The van der Waals surface area contributed by atoms with E-state index >= 15 is 0 Å². The highest BCUT2D eigenvalue weighted by Gasteiger charge is 2.21. The van der Waals surface area contributed by atoms with Crippen molar-refractivity contribution in [3.63, 3.8) is 0 Å². The maximum atomic E-state index is 12.6. The smallest absolute Gasteiger partial charge is 0.412 e. The number of carbonyl (C=O) groups is 2. The van der Waals surface area contributed by atoms with Crippen LogP contribution in [-0.2, 0) is 19.1 Å². The van der Waals surface area contributed by atoms with E-state index in [1.165, 1.54) is 17.5 Å². The highest BCUT2D eigenvalue weighted by Crippen LogP contribution is 2.33. The highest BCUT2D eigenvalue weighted by molar-refractivity contribution is 7.10. The number of carbonyl (C=O) groups excluding carboxylic acids is 2. The topological polar surface area (TPSA) is 109 Å². The van der Waals surface area contributed by atoms with Gasteiger partial charge in [0, 0.05) is 43.6 Å². The molecule has 3 rings (SSSR count). The third-order valence-electron chi connectivity index (χ3n) is 5.67. The summed E-state index contributed by atoms with van der Waals surface area (Å²) in [7, 11) is 1.64. The fourth-order valence-corrected chi connectivity index (χ4v) is 4.54. The van der Waals surface area contributed by atoms with Crippen molar-refractivity contribution in [1.82, 2.24) is 10.5 Å². The molecule has 0 bridgehead atoms. The molecule has 1 heterocycles. The Morgan fingerprint density at radius 3 is 2.62 bits per heavy atom. The van der Waals surface area contributed by atoms with Crippen molar-refractivity contribution in [2.75, 3.05) is 20.2 Å². The number of unbranched alkanes of at least 4 members (excludes halogenated alkanes) is 2. The van der Waals surface area contributed by atoms with Gasteiger partial charge >= 0.3 is 12.1 Å². The first-order valence-electron chi connectivity index (χ1n) is 12.3. The standard InChI is InChI=1S/C27H33N2O7S/c1-20(34-26(30)15-4-3-7-18-33-28-32)35-27(31)29(2)17-16-24(25-14-9-19-37-25)36-23-13-8-11-21-10-5-6-12-22(21)23/h5-6,8-14,19-20,24,28H,3-4,7,15-18H2,1-2H3/q-1/t20?,24-/m0/s1. The third kappa shape index (κ3) is 9.32. The molecular formula is C27H33N2O7S-. The lowest BCUT2D eigenvalue weighted by Gasteiger charge is -2.24. The van der Waals surface area contributed by atoms with Gasteiger partial charge in [-0.1, -0.05) is 48.9 Å². The normalized spacial score (nSPS) is 12.6. The minimum absolute atomic E-state index is 0.191. The molecule has 0 spiro atoms. The molecule has 0 fully saturated rings. The van der Waals surface area contributed by atoms with Crippen LogP contribution in [0.3, 0.4) is 0 Å². The molecule has 0 saturated heterocycles. The van der Waals surface area contributed by atoms with Crippen LogP contribution in [0.5, 0.6) is 5.75 Å². The predicted octanol–water partition coefficient (Wildman–Crippen LogP) is 5.95. The van der Waals surface area contributed by atoms with E-state index in [1.807, 2.05) is 60.0 Å². The molecule has 0 saturated carbocycles. The third-order valence-corrected chi connectivity index (χ3v) is 6.63. The average molecular weight is 530 g/mol. The Hall–Kier alpha value is -3.18. The van der Waals surface area contributed by atoms with Crippen LogP contribution in [0, 0.1) is 5.21 Å².